The summed E-state index contributed by atoms with van der Waals surface area (Å²) in [5.74, 6) is 0.121. The van der Waals surface area contributed by atoms with Crippen LogP contribution in [0.4, 0.5) is 4.39 Å². The van der Waals surface area contributed by atoms with Gasteiger partial charge in [-0.05, 0) is 84.9 Å². The van der Waals surface area contributed by atoms with E-state index in [4.69, 9.17) is 11.6 Å². The van der Waals surface area contributed by atoms with Gasteiger partial charge < -0.3 is 10.2 Å². The van der Waals surface area contributed by atoms with E-state index in [1.807, 2.05) is 17.0 Å². The molecule has 1 aliphatic heterocycles. The molecule has 1 aliphatic carbocycles. The highest BCUT2D eigenvalue weighted by molar-refractivity contribution is 6.30. The van der Waals surface area contributed by atoms with Crippen LogP contribution in [0.1, 0.15) is 99.2 Å². The van der Waals surface area contributed by atoms with Gasteiger partial charge in [0.1, 0.15) is 11.9 Å². The van der Waals surface area contributed by atoms with Crippen molar-refractivity contribution in [3.63, 3.8) is 0 Å². The molecule has 3 aromatic rings. The molecule has 2 amide bonds. The van der Waals surface area contributed by atoms with Crippen LogP contribution in [-0.2, 0) is 11.3 Å². The maximum Gasteiger partial charge on any atom is 0.251 e. The first-order chi connectivity index (χ1) is 19.5. The van der Waals surface area contributed by atoms with Gasteiger partial charge in [0.25, 0.3) is 5.91 Å². The Labute approximate surface area is 244 Å². The first-order valence-electron chi connectivity index (χ1n) is 14.2. The predicted octanol–water partition coefficient (Wildman–Crippen LogP) is 5.48. The van der Waals surface area contributed by atoms with E-state index in [0.717, 1.165) is 31.2 Å². The Hall–Kier alpha value is -3.37. The van der Waals surface area contributed by atoms with Crippen molar-refractivity contribution in [2.24, 2.45) is 11.3 Å². The molecule has 1 saturated carbocycles. The number of benzene rings is 2. The first-order valence-corrected chi connectivity index (χ1v) is 14.6. The Balaban J connectivity index is 1.43. The molecule has 41 heavy (non-hydrogen) atoms. The molecule has 11 heteroatoms. The number of carbonyl (C=O) groups excluding carboxylic acids is 2. The molecule has 1 aromatic heterocycles. The number of amides is 2. The summed E-state index contributed by atoms with van der Waals surface area (Å²) in [7, 11) is 0. The van der Waals surface area contributed by atoms with E-state index in [-0.39, 0.29) is 34.8 Å². The summed E-state index contributed by atoms with van der Waals surface area (Å²) in [5.41, 5.74) is 1.57. The summed E-state index contributed by atoms with van der Waals surface area (Å²) in [6, 6.07) is 10.7. The van der Waals surface area contributed by atoms with Crippen LogP contribution in [0.25, 0.3) is 0 Å². The number of tetrazole rings is 1. The van der Waals surface area contributed by atoms with Crippen LogP contribution < -0.4 is 10.6 Å². The zero-order valence-corrected chi connectivity index (χ0v) is 24.6. The summed E-state index contributed by atoms with van der Waals surface area (Å²) in [4.78, 5) is 28.9. The number of hydrogen-bond acceptors (Lipinski definition) is 6. The highest BCUT2D eigenvalue weighted by atomic mass is 35.5. The van der Waals surface area contributed by atoms with Crippen LogP contribution in [0.3, 0.4) is 0 Å². The van der Waals surface area contributed by atoms with Gasteiger partial charge in [0.05, 0.1) is 18.2 Å². The maximum absolute atomic E-state index is 14.4. The molecule has 2 aromatic carbocycles. The van der Waals surface area contributed by atoms with E-state index in [2.05, 4.69) is 59.0 Å². The van der Waals surface area contributed by atoms with Gasteiger partial charge in [0.15, 0.2) is 5.82 Å². The molecule has 218 valence electrons. The highest BCUT2D eigenvalue weighted by Gasteiger charge is 2.55. The van der Waals surface area contributed by atoms with Crippen molar-refractivity contribution >= 4 is 23.4 Å². The smallest absolute Gasteiger partial charge is 0.251 e. The van der Waals surface area contributed by atoms with Gasteiger partial charge >= 0.3 is 0 Å². The lowest BCUT2D eigenvalue weighted by atomic mass is 9.69. The molecule has 2 atom stereocenters. The molecule has 2 aliphatic rings. The summed E-state index contributed by atoms with van der Waals surface area (Å²) in [5, 5.41) is 20.2. The topological polar surface area (TPSA) is 116 Å². The zero-order chi connectivity index (χ0) is 29.4. The normalized spacial score (nSPS) is 23.7. The summed E-state index contributed by atoms with van der Waals surface area (Å²) >= 11 is 6.20. The van der Waals surface area contributed by atoms with Crippen LogP contribution in [0.2, 0.25) is 5.02 Å². The van der Waals surface area contributed by atoms with E-state index in [1.54, 1.807) is 18.2 Å². The fourth-order valence-electron chi connectivity index (χ4n) is 6.46. The number of aromatic nitrogens is 4. The molecule has 1 saturated heterocycles. The number of carbonyl (C=O) groups is 2. The third-order valence-corrected chi connectivity index (χ3v) is 8.88. The van der Waals surface area contributed by atoms with Crippen molar-refractivity contribution in [1.29, 1.82) is 0 Å². The molecule has 0 radical (unpaired) electrons. The van der Waals surface area contributed by atoms with E-state index in [9.17, 15) is 14.0 Å². The molecule has 0 bridgehead atoms. The van der Waals surface area contributed by atoms with Gasteiger partial charge in [-0.2, -0.15) is 5.21 Å². The lowest BCUT2D eigenvalue weighted by Gasteiger charge is -2.48. The van der Waals surface area contributed by atoms with Gasteiger partial charge in [-0.25, -0.2) is 4.39 Å². The third kappa shape index (κ3) is 5.99. The minimum atomic E-state index is -0.696. The number of nitrogens with zero attached hydrogens (tertiary/aromatic N) is 4. The second-order valence-electron chi connectivity index (χ2n) is 12.2. The number of H-pyrrole nitrogens is 1. The monoisotopic (exact) mass is 581 g/mol. The van der Waals surface area contributed by atoms with Crippen molar-refractivity contribution < 1.29 is 14.0 Å². The van der Waals surface area contributed by atoms with Crippen LogP contribution in [0, 0.1) is 17.2 Å². The Morgan fingerprint density at radius 1 is 1.20 bits per heavy atom. The largest absolute Gasteiger partial charge is 0.345 e. The second-order valence-corrected chi connectivity index (χ2v) is 12.7. The summed E-state index contributed by atoms with van der Waals surface area (Å²) in [6.45, 7) is 9.03. The van der Waals surface area contributed by atoms with Crippen molar-refractivity contribution in [2.75, 3.05) is 0 Å². The van der Waals surface area contributed by atoms with Gasteiger partial charge in [0, 0.05) is 10.6 Å². The molecule has 1 spiro atoms. The van der Waals surface area contributed by atoms with E-state index in [0.29, 0.717) is 29.3 Å². The minimum Gasteiger partial charge on any atom is -0.345 e. The summed E-state index contributed by atoms with van der Waals surface area (Å²) in [6.07, 6.45) is 4.23. The Kier molecular flexibility index (Phi) is 8.16. The number of aromatic amines is 1. The molecule has 9 nitrogen and oxygen atoms in total. The number of rotatable bonds is 7. The Bertz CT molecular complexity index is 1360. The molecule has 3 N–H and O–H groups in total. The van der Waals surface area contributed by atoms with Gasteiger partial charge in [-0.3, -0.25) is 14.9 Å². The van der Waals surface area contributed by atoms with Gasteiger partial charge in [-0.1, -0.05) is 56.6 Å². The average Bonchev–Trinajstić information content (AvgIpc) is 3.55. The van der Waals surface area contributed by atoms with Gasteiger partial charge in [-0.15, -0.1) is 10.2 Å². The lowest BCUT2D eigenvalue weighted by molar-refractivity contribution is -0.137. The molecular formula is C30H37ClFN7O2. The van der Waals surface area contributed by atoms with Crippen molar-refractivity contribution in [3.8, 4) is 0 Å². The van der Waals surface area contributed by atoms with Crippen LogP contribution >= 0.6 is 11.6 Å². The molecular weight excluding hydrogens is 545 g/mol. The van der Waals surface area contributed by atoms with Crippen molar-refractivity contribution in [1.82, 2.24) is 36.2 Å². The third-order valence-electron chi connectivity index (χ3n) is 8.67. The SMILES string of the molecule is CC[C@H](c1ccc(C(=O)NCc2nn[nH]n2)cc1)N1C(=O)C(c2cc(F)cc(Cl)c2)NC12CCC(C(C)(C)C)CC2. The molecule has 2 fully saturated rings. The fourth-order valence-corrected chi connectivity index (χ4v) is 6.69. The van der Waals surface area contributed by atoms with E-state index in [1.165, 1.54) is 12.1 Å². The molecule has 2 heterocycles. The first kappa shape index (κ1) is 29.1. The quantitative estimate of drug-likeness (QED) is 0.340. The predicted molar refractivity (Wildman–Crippen MR) is 153 cm³/mol. The van der Waals surface area contributed by atoms with E-state index >= 15 is 0 Å². The maximum atomic E-state index is 14.4. The number of nitrogens with one attached hydrogen (secondary N) is 3. The highest BCUT2D eigenvalue weighted by Crippen LogP contribution is 2.49. The van der Waals surface area contributed by atoms with Crippen LogP contribution in [0.15, 0.2) is 42.5 Å². The second kappa shape index (κ2) is 11.5. The van der Waals surface area contributed by atoms with Gasteiger partial charge in [0.2, 0.25) is 5.91 Å². The van der Waals surface area contributed by atoms with Crippen molar-refractivity contribution in [3.05, 3.63) is 75.8 Å². The summed E-state index contributed by atoms with van der Waals surface area (Å²) < 4.78 is 14.4. The lowest BCUT2D eigenvalue weighted by Crippen LogP contribution is -2.56. The molecule has 5 rings (SSSR count). The number of halogens is 2. The zero-order valence-electron chi connectivity index (χ0n) is 23.9. The fraction of sp³-hybridized carbons (Fsp3) is 0.500. The minimum absolute atomic E-state index is 0.0883. The van der Waals surface area contributed by atoms with Crippen LogP contribution in [0.5, 0.6) is 0 Å². The number of hydrogen-bond donors (Lipinski definition) is 3. The Morgan fingerprint density at radius 2 is 1.90 bits per heavy atom. The standard InChI is InChI=1S/C30H37ClFN7O2/c1-5-24(18-6-8-19(9-7-18)27(40)33-17-25-35-37-38-36-25)39-28(41)26(20-14-22(31)16-23(32)15-20)34-30(39)12-10-21(11-13-30)29(2,3)4/h6-9,14-16,21,24,26,34H,5,10-13,17H2,1-4H3,(H,33,40)(H,35,36,37,38)/t21?,24-,26?,30?/m1/s1. The van der Waals surface area contributed by atoms with Crippen molar-refractivity contribution in [2.45, 2.75) is 84.1 Å². The van der Waals surface area contributed by atoms with E-state index < -0.39 is 17.5 Å². The average molecular weight is 582 g/mol. The molecule has 1 unspecified atom stereocenters. The van der Waals surface area contributed by atoms with Crippen LogP contribution in [-0.4, -0.2) is 43.0 Å². The Morgan fingerprint density at radius 3 is 2.49 bits per heavy atom.